The van der Waals surface area contributed by atoms with Crippen LogP contribution >= 0.6 is 0 Å². The predicted molar refractivity (Wildman–Crippen MR) is 88.6 cm³/mol. The van der Waals surface area contributed by atoms with Gasteiger partial charge in [-0.3, -0.25) is 9.69 Å². The molecule has 2 aromatic rings. The van der Waals surface area contributed by atoms with Gasteiger partial charge in [0.1, 0.15) is 6.61 Å². The molecule has 0 atom stereocenters. The molecule has 0 aromatic heterocycles. The lowest BCUT2D eigenvalue weighted by molar-refractivity contribution is -0.115. The fraction of sp³-hybridized carbons (Fsp3) is 0.222. The van der Waals surface area contributed by atoms with Crippen molar-refractivity contribution in [2.24, 2.45) is 0 Å². The monoisotopic (exact) mass is 310 g/mol. The summed E-state index contributed by atoms with van der Waals surface area (Å²) in [6.07, 6.45) is 0.00806. The van der Waals surface area contributed by atoms with Gasteiger partial charge >= 0.3 is 6.09 Å². The van der Waals surface area contributed by atoms with Gasteiger partial charge in [0.05, 0.1) is 13.0 Å². The molecule has 1 N–H and O–H groups in total. The first-order valence-electron chi connectivity index (χ1n) is 7.52. The van der Waals surface area contributed by atoms with Crippen molar-refractivity contribution in [1.29, 1.82) is 0 Å². The van der Waals surface area contributed by atoms with Crippen molar-refractivity contribution < 1.29 is 14.3 Å². The minimum absolute atomic E-state index is 0.0624. The largest absolute Gasteiger partial charge is 0.447 e. The van der Waals surface area contributed by atoms with Gasteiger partial charge in [-0.2, -0.15) is 0 Å². The minimum Gasteiger partial charge on any atom is -0.447 e. The van der Waals surface area contributed by atoms with Gasteiger partial charge in [0.2, 0.25) is 5.91 Å². The van der Waals surface area contributed by atoms with E-state index in [1.54, 1.807) is 29.2 Å². The molecule has 2 aromatic carbocycles. The Balaban J connectivity index is 1.63. The molecule has 0 bridgehead atoms. The third kappa shape index (κ3) is 3.51. The molecule has 23 heavy (non-hydrogen) atoms. The maximum Gasteiger partial charge on any atom is 0.414 e. The van der Waals surface area contributed by atoms with E-state index in [9.17, 15) is 9.59 Å². The van der Waals surface area contributed by atoms with Crippen molar-refractivity contribution in [2.75, 3.05) is 23.4 Å². The molecule has 5 heteroatoms. The van der Waals surface area contributed by atoms with Crippen molar-refractivity contribution in [3.63, 3.8) is 0 Å². The van der Waals surface area contributed by atoms with E-state index >= 15 is 0 Å². The Bertz CT molecular complexity index is 725. The Morgan fingerprint density at radius 3 is 2.57 bits per heavy atom. The number of nitrogens with zero attached hydrogens (tertiary/aromatic N) is 1. The predicted octanol–water partition coefficient (Wildman–Crippen LogP) is 3.13. The highest BCUT2D eigenvalue weighted by molar-refractivity contribution is 5.93. The van der Waals surface area contributed by atoms with E-state index in [2.05, 4.69) is 5.32 Å². The van der Waals surface area contributed by atoms with E-state index in [1.165, 1.54) is 0 Å². The number of hydrogen-bond acceptors (Lipinski definition) is 3. The summed E-state index contributed by atoms with van der Waals surface area (Å²) in [5, 5.41) is 2.87. The maximum absolute atomic E-state index is 12.1. The van der Waals surface area contributed by atoms with Crippen molar-refractivity contribution in [3.8, 4) is 0 Å². The Hall–Kier alpha value is -2.82. The summed E-state index contributed by atoms with van der Waals surface area (Å²) < 4.78 is 4.91. The van der Waals surface area contributed by atoms with Gasteiger partial charge in [-0.1, -0.05) is 24.3 Å². The zero-order chi connectivity index (χ0) is 16.2. The fourth-order valence-corrected chi connectivity index (χ4v) is 2.54. The van der Waals surface area contributed by atoms with Crippen LogP contribution < -0.4 is 10.2 Å². The number of anilines is 2. The summed E-state index contributed by atoms with van der Waals surface area (Å²) in [6.45, 7) is 2.96. The Morgan fingerprint density at radius 1 is 1.17 bits per heavy atom. The van der Waals surface area contributed by atoms with Crippen LogP contribution in [0.2, 0.25) is 0 Å². The number of cyclic esters (lactones) is 1. The Labute approximate surface area is 134 Å². The molecule has 0 aliphatic carbocycles. The summed E-state index contributed by atoms with van der Waals surface area (Å²) in [7, 11) is 0. The standard InChI is InChI=1S/C18H18N2O3/c1-13-4-2-3-5-14(13)12-17(21)19-15-6-8-16(9-7-15)20-10-11-23-18(20)22/h2-9H,10-12H2,1H3,(H,19,21). The van der Waals surface area contributed by atoms with Crippen LogP contribution in [0.15, 0.2) is 48.5 Å². The average Bonchev–Trinajstić information content (AvgIpc) is 2.96. The molecule has 1 aliphatic heterocycles. The highest BCUT2D eigenvalue weighted by Crippen LogP contribution is 2.21. The second-order valence-corrected chi connectivity index (χ2v) is 5.46. The molecule has 1 fully saturated rings. The van der Waals surface area contributed by atoms with Gasteiger partial charge in [-0.25, -0.2) is 4.79 Å². The molecule has 2 amide bonds. The van der Waals surface area contributed by atoms with Gasteiger partial charge in [0.15, 0.2) is 0 Å². The van der Waals surface area contributed by atoms with Crippen LogP contribution in [0.4, 0.5) is 16.2 Å². The minimum atomic E-state index is -0.332. The zero-order valence-corrected chi connectivity index (χ0v) is 12.9. The lowest BCUT2D eigenvalue weighted by Crippen LogP contribution is -2.23. The molecule has 0 spiro atoms. The molecule has 3 rings (SSSR count). The number of carbonyl (C=O) groups is 2. The molecule has 0 saturated carbocycles. The summed E-state index contributed by atoms with van der Waals surface area (Å²) >= 11 is 0. The number of amides is 2. The highest BCUT2D eigenvalue weighted by atomic mass is 16.6. The summed E-state index contributed by atoms with van der Waals surface area (Å²) in [4.78, 5) is 25.2. The van der Waals surface area contributed by atoms with Gasteiger partial charge in [-0.05, 0) is 42.3 Å². The first kappa shape index (κ1) is 15.1. The quantitative estimate of drug-likeness (QED) is 0.944. The molecular weight excluding hydrogens is 292 g/mol. The summed E-state index contributed by atoms with van der Waals surface area (Å²) in [5.41, 5.74) is 3.59. The van der Waals surface area contributed by atoms with Crippen LogP contribution in [0, 0.1) is 6.92 Å². The smallest absolute Gasteiger partial charge is 0.414 e. The SMILES string of the molecule is Cc1ccccc1CC(=O)Nc1ccc(N2CCOC2=O)cc1. The molecule has 0 radical (unpaired) electrons. The number of nitrogens with one attached hydrogen (secondary N) is 1. The van der Waals surface area contributed by atoms with Crippen LogP contribution in [-0.2, 0) is 16.0 Å². The second-order valence-electron chi connectivity index (χ2n) is 5.46. The normalized spacial score (nSPS) is 13.8. The molecule has 1 saturated heterocycles. The van der Waals surface area contributed by atoms with Crippen LogP contribution in [0.3, 0.4) is 0 Å². The van der Waals surface area contributed by atoms with E-state index in [1.807, 2.05) is 31.2 Å². The topological polar surface area (TPSA) is 58.6 Å². The zero-order valence-electron chi connectivity index (χ0n) is 12.9. The number of rotatable bonds is 4. The molecule has 0 unspecified atom stereocenters. The third-order valence-electron chi connectivity index (χ3n) is 3.84. The number of aryl methyl sites for hydroxylation is 1. The van der Waals surface area contributed by atoms with Crippen LogP contribution in [-0.4, -0.2) is 25.2 Å². The molecular formula is C18H18N2O3. The van der Waals surface area contributed by atoms with Crippen molar-refractivity contribution >= 4 is 23.4 Å². The number of ether oxygens (including phenoxy) is 1. The van der Waals surface area contributed by atoms with Gasteiger partial charge in [0, 0.05) is 11.4 Å². The molecule has 1 aliphatic rings. The summed E-state index contributed by atoms with van der Waals surface area (Å²) in [5.74, 6) is -0.0624. The molecule has 1 heterocycles. The van der Waals surface area contributed by atoms with Crippen molar-refractivity contribution in [1.82, 2.24) is 0 Å². The summed E-state index contributed by atoms with van der Waals surface area (Å²) in [6, 6.07) is 15.0. The number of hydrogen-bond donors (Lipinski definition) is 1. The second kappa shape index (κ2) is 6.52. The molecule has 118 valence electrons. The maximum atomic E-state index is 12.1. The van der Waals surface area contributed by atoms with Crippen molar-refractivity contribution in [3.05, 3.63) is 59.7 Å². The average molecular weight is 310 g/mol. The lowest BCUT2D eigenvalue weighted by Gasteiger charge is -2.13. The van der Waals surface area contributed by atoms with Crippen LogP contribution in [0.5, 0.6) is 0 Å². The van der Waals surface area contributed by atoms with Crippen molar-refractivity contribution in [2.45, 2.75) is 13.3 Å². The van der Waals surface area contributed by atoms with Crippen LogP contribution in [0.1, 0.15) is 11.1 Å². The Kier molecular flexibility index (Phi) is 4.28. The first-order chi connectivity index (χ1) is 11.1. The van der Waals surface area contributed by atoms with E-state index in [4.69, 9.17) is 4.74 Å². The van der Waals surface area contributed by atoms with E-state index in [0.29, 0.717) is 25.3 Å². The van der Waals surface area contributed by atoms with Crippen LogP contribution in [0.25, 0.3) is 0 Å². The fourth-order valence-electron chi connectivity index (χ4n) is 2.54. The molecule has 5 nitrogen and oxygen atoms in total. The van der Waals surface area contributed by atoms with Gasteiger partial charge < -0.3 is 10.1 Å². The van der Waals surface area contributed by atoms with E-state index < -0.39 is 0 Å². The lowest BCUT2D eigenvalue weighted by atomic mass is 10.1. The van der Waals surface area contributed by atoms with Gasteiger partial charge in [0.25, 0.3) is 0 Å². The van der Waals surface area contributed by atoms with E-state index in [0.717, 1.165) is 16.8 Å². The highest BCUT2D eigenvalue weighted by Gasteiger charge is 2.23. The Morgan fingerprint density at radius 2 is 1.91 bits per heavy atom. The third-order valence-corrected chi connectivity index (χ3v) is 3.84. The first-order valence-corrected chi connectivity index (χ1v) is 7.52. The number of benzene rings is 2. The number of carbonyl (C=O) groups excluding carboxylic acids is 2. The van der Waals surface area contributed by atoms with E-state index in [-0.39, 0.29) is 12.0 Å². The van der Waals surface area contributed by atoms with Gasteiger partial charge in [-0.15, -0.1) is 0 Å².